The van der Waals surface area contributed by atoms with Crippen LogP contribution in [0, 0.1) is 0 Å². The van der Waals surface area contributed by atoms with Crippen LogP contribution in [0.2, 0.25) is 20.1 Å². The molecule has 0 spiro atoms. The number of amides is 1. The molecule has 4 rings (SSSR count). The van der Waals surface area contributed by atoms with E-state index in [1.807, 2.05) is 30.3 Å². The summed E-state index contributed by atoms with van der Waals surface area (Å²) in [7, 11) is 0. The molecule has 0 N–H and O–H groups in total. The molecule has 3 aromatic carbocycles. The molecule has 3 nitrogen and oxygen atoms in total. The quantitative estimate of drug-likeness (QED) is 0.226. The fourth-order valence-electron chi connectivity index (χ4n) is 3.20. The lowest BCUT2D eigenvalue weighted by atomic mass is 10.1. The summed E-state index contributed by atoms with van der Waals surface area (Å²) < 4.78 is 6.47. The number of carbonyl (C=O) groups excluding carboxylic acids is 1. The van der Waals surface area contributed by atoms with Gasteiger partial charge in [0.15, 0.2) is 0 Å². The van der Waals surface area contributed by atoms with Gasteiger partial charge >= 0.3 is 0 Å². The Hall–Kier alpha value is -1.73. The van der Waals surface area contributed by atoms with Gasteiger partial charge in [-0.1, -0.05) is 107 Å². The average Bonchev–Trinajstić information content (AvgIpc) is 3.03. The molecule has 1 aliphatic rings. The minimum Gasteiger partial charge on any atom is -0.487 e. The molecule has 9 heteroatoms. The third-order valence-electron chi connectivity index (χ3n) is 4.80. The van der Waals surface area contributed by atoms with Gasteiger partial charge in [0.1, 0.15) is 16.7 Å². The maximum atomic E-state index is 13.1. The molecule has 1 amide bonds. The Morgan fingerprint density at radius 2 is 1.64 bits per heavy atom. The number of hydrogen-bond donors (Lipinski definition) is 0. The number of ether oxygens (including phenoxy) is 1. The van der Waals surface area contributed by atoms with Crippen LogP contribution in [0.5, 0.6) is 5.75 Å². The molecule has 0 saturated carbocycles. The van der Waals surface area contributed by atoms with Crippen LogP contribution in [0.3, 0.4) is 0 Å². The largest absolute Gasteiger partial charge is 0.487 e. The van der Waals surface area contributed by atoms with Crippen molar-refractivity contribution in [3.63, 3.8) is 0 Å². The van der Waals surface area contributed by atoms with Crippen LogP contribution in [-0.2, 0) is 17.9 Å². The van der Waals surface area contributed by atoms with E-state index in [0.29, 0.717) is 52.7 Å². The first-order valence-electron chi connectivity index (χ1n) is 9.67. The van der Waals surface area contributed by atoms with E-state index >= 15 is 0 Å². The molecule has 0 bridgehead atoms. The summed E-state index contributed by atoms with van der Waals surface area (Å²) in [5.74, 6) is 0.176. The van der Waals surface area contributed by atoms with Crippen LogP contribution in [-0.4, -0.2) is 15.1 Å². The van der Waals surface area contributed by atoms with E-state index in [0.717, 1.165) is 5.56 Å². The van der Waals surface area contributed by atoms with Gasteiger partial charge in [-0.2, -0.15) is 0 Å². The van der Waals surface area contributed by atoms with Crippen LogP contribution < -0.4 is 4.74 Å². The highest BCUT2D eigenvalue weighted by Gasteiger charge is 2.32. The normalized spacial score (nSPS) is 14.9. The van der Waals surface area contributed by atoms with E-state index in [9.17, 15) is 4.79 Å². The highest BCUT2D eigenvalue weighted by molar-refractivity contribution is 8.26. The summed E-state index contributed by atoms with van der Waals surface area (Å²) >= 11 is 31.9. The Kier molecular flexibility index (Phi) is 7.90. The van der Waals surface area contributed by atoms with E-state index in [4.69, 9.17) is 63.4 Å². The van der Waals surface area contributed by atoms with Gasteiger partial charge in [0.2, 0.25) is 0 Å². The molecule has 1 aliphatic heterocycles. The van der Waals surface area contributed by atoms with E-state index < -0.39 is 0 Å². The number of benzene rings is 3. The summed E-state index contributed by atoms with van der Waals surface area (Å²) in [6.45, 7) is 0.489. The number of thioether (sulfide) groups is 1. The first-order chi connectivity index (χ1) is 15.8. The number of halogens is 4. The van der Waals surface area contributed by atoms with Crippen molar-refractivity contribution in [1.29, 1.82) is 0 Å². The summed E-state index contributed by atoms with van der Waals surface area (Å²) in [6, 6.07) is 18.1. The van der Waals surface area contributed by atoms with Gasteiger partial charge in [-0.15, -0.1) is 0 Å². The fraction of sp³-hybridized carbons (Fsp3) is 0.0833. The second-order valence-electron chi connectivity index (χ2n) is 7.05. The van der Waals surface area contributed by atoms with Crippen molar-refractivity contribution in [2.75, 3.05) is 0 Å². The van der Waals surface area contributed by atoms with E-state index in [1.54, 1.807) is 41.3 Å². The van der Waals surface area contributed by atoms with Crippen LogP contribution >= 0.6 is 70.4 Å². The Morgan fingerprint density at radius 3 is 2.33 bits per heavy atom. The van der Waals surface area contributed by atoms with Crippen molar-refractivity contribution < 1.29 is 9.53 Å². The topological polar surface area (TPSA) is 29.5 Å². The third kappa shape index (κ3) is 5.68. The Balaban J connectivity index is 1.62. The van der Waals surface area contributed by atoms with Gasteiger partial charge in [0.05, 0.1) is 16.5 Å². The van der Waals surface area contributed by atoms with Gasteiger partial charge in [-0.3, -0.25) is 9.69 Å². The number of carbonyl (C=O) groups is 1. The molecule has 0 aromatic heterocycles. The molecule has 33 heavy (non-hydrogen) atoms. The van der Waals surface area contributed by atoms with E-state index in [2.05, 4.69) is 0 Å². The van der Waals surface area contributed by atoms with Crippen LogP contribution in [0.1, 0.15) is 16.7 Å². The molecular weight excluding hydrogens is 540 g/mol. The second kappa shape index (κ2) is 10.7. The van der Waals surface area contributed by atoms with Gasteiger partial charge < -0.3 is 4.74 Å². The highest BCUT2D eigenvalue weighted by atomic mass is 35.5. The van der Waals surface area contributed by atoms with Crippen LogP contribution in [0.25, 0.3) is 6.08 Å². The fourth-order valence-corrected chi connectivity index (χ4v) is 5.51. The zero-order valence-electron chi connectivity index (χ0n) is 16.9. The monoisotopic (exact) mass is 553 g/mol. The maximum absolute atomic E-state index is 13.1. The molecule has 0 atom stereocenters. The Labute approximate surface area is 221 Å². The molecule has 3 aromatic rings. The van der Waals surface area contributed by atoms with Crippen molar-refractivity contribution in [3.05, 3.63) is 102 Å². The summed E-state index contributed by atoms with van der Waals surface area (Å²) in [4.78, 5) is 15.1. The number of hydrogen-bond acceptors (Lipinski definition) is 4. The zero-order chi connectivity index (χ0) is 23.5. The number of nitrogens with zero attached hydrogens (tertiary/aromatic N) is 1. The molecule has 0 unspecified atom stereocenters. The SMILES string of the molecule is O=C1/C(=C/c2cc(Cl)cc(Cl)c2OCc2c(Cl)cccc2Cl)SC(=S)N1Cc1ccccc1. The van der Waals surface area contributed by atoms with Crippen molar-refractivity contribution in [1.82, 2.24) is 4.90 Å². The third-order valence-corrected chi connectivity index (χ3v) is 7.39. The Morgan fingerprint density at radius 1 is 0.939 bits per heavy atom. The molecule has 0 radical (unpaired) electrons. The number of thiocarbonyl (C=S) groups is 1. The lowest BCUT2D eigenvalue weighted by Gasteiger charge is -2.15. The van der Waals surface area contributed by atoms with Crippen LogP contribution in [0.15, 0.2) is 65.6 Å². The molecule has 168 valence electrons. The lowest BCUT2D eigenvalue weighted by molar-refractivity contribution is -0.122. The van der Waals surface area contributed by atoms with Gasteiger partial charge in [0, 0.05) is 26.2 Å². The van der Waals surface area contributed by atoms with Crippen molar-refractivity contribution >= 4 is 86.7 Å². The van der Waals surface area contributed by atoms with E-state index in [-0.39, 0.29) is 12.5 Å². The van der Waals surface area contributed by atoms with Crippen molar-refractivity contribution in [2.24, 2.45) is 0 Å². The maximum Gasteiger partial charge on any atom is 0.266 e. The summed E-state index contributed by atoms with van der Waals surface area (Å²) in [6.07, 6.45) is 1.69. The molecule has 1 heterocycles. The first-order valence-corrected chi connectivity index (χ1v) is 12.4. The second-order valence-corrected chi connectivity index (χ2v) is 10.4. The highest BCUT2D eigenvalue weighted by Crippen LogP contribution is 2.39. The number of rotatable bonds is 6. The minimum absolute atomic E-state index is 0.0929. The van der Waals surface area contributed by atoms with Gasteiger partial charge in [-0.25, -0.2) is 0 Å². The minimum atomic E-state index is -0.190. The Bertz CT molecular complexity index is 1240. The first kappa shape index (κ1) is 24.4. The average molecular weight is 555 g/mol. The summed E-state index contributed by atoms with van der Waals surface area (Å²) in [5, 5.41) is 1.68. The predicted molar refractivity (Wildman–Crippen MR) is 142 cm³/mol. The smallest absolute Gasteiger partial charge is 0.266 e. The zero-order valence-corrected chi connectivity index (χ0v) is 21.5. The predicted octanol–water partition coefficient (Wildman–Crippen LogP) is 8.28. The molecule has 1 saturated heterocycles. The molecular formula is C24H15Cl4NO2S2. The van der Waals surface area contributed by atoms with Gasteiger partial charge in [0.25, 0.3) is 5.91 Å². The van der Waals surface area contributed by atoms with Crippen molar-refractivity contribution in [2.45, 2.75) is 13.2 Å². The van der Waals surface area contributed by atoms with Gasteiger partial charge in [-0.05, 0) is 35.9 Å². The van der Waals surface area contributed by atoms with Crippen molar-refractivity contribution in [3.8, 4) is 5.75 Å². The summed E-state index contributed by atoms with van der Waals surface area (Å²) in [5.41, 5.74) is 2.17. The molecule has 1 fully saturated rings. The van der Waals surface area contributed by atoms with Crippen LogP contribution in [0.4, 0.5) is 0 Å². The lowest BCUT2D eigenvalue weighted by Crippen LogP contribution is -2.27. The molecule has 0 aliphatic carbocycles. The standard InChI is InChI=1S/C24H15Cl4NO2S2/c25-16-9-15(22(20(28)11-16)31-13-17-18(26)7-4-8-19(17)27)10-21-23(30)29(24(32)33-21)12-14-5-2-1-3-6-14/h1-11H,12-13H2/b21-10-. The van der Waals surface area contributed by atoms with E-state index in [1.165, 1.54) is 11.8 Å².